The monoisotopic (exact) mass is 295 g/mol. The van der Waals surface area contributed by atoms with Gasteiger partial charge in [-0.2, -0.15) is 0 Å². The van der Waals surface area contributed by atoms with Gasteiger partial charge in [0.1, 0.15) is 7.05 Å². The molecule has 4 aromatic rings. The molecule has 0 unspecified atom stereocenters. The largest absolute Gasteiger partial charge is 0.437 e. The number of hydrogen-bond donors (Lipinski definition) is 0. The third kappa shape index (κ3) is 1.82. The zero-order valence-electron chi connectivity index (χ0n) is 17.9. The maximum absolute atomic E-state index is 7.89. The maximum atomic E-state index is 7.89. The standard InChI is InChI=1S/C19H17N2O/c1-12-6-9-16(21(3)11-12)14-8-7-13(2)17-15-5-4-10-20-19(15)22-18(14)17/h4-11H,1-3H3/q+1/i1D3,2D3. The van der Waals surface area contributed by atoms with E-state index in [9.17, 15) is 0 Å². The van der Waals surface area contributed by atoms with E-state index in [1.165, 1.54) is 0 Å². The molecule has 3 aromatic heterocycles. The molecule has 0 bridgehead atoms. The van der Waals surface area contributed by atoms with Crippen LogP contribution in [0.4, 0.5) is 0 Å². The lowest BCUT2D eigenvalue weighted by Crippen LogP contribution is -2.30. The lowest BCUT2D eigenvalue weighted by molar-refractivity contribution is -0.660. The van der Waals surface area contributed by atoms with E-state index in [2.05, 4.69) is 4.98 Å². The Morgan fingerprint density at radius 1 is 1.14 bits per heavy atom. The van der Waals surface area contributed by atoms with Crippen LogP contribution in [0.15, 0.2) is 53.2 Å². The molecule has 3 nitrogen and oxygen atoms in total. The highest BCUT2D eigenvalue weighted by Gasteiger charge is 2.19. The van der Waals surface area contributed by atoms with Crippen molar-refractivity contribution in [3.05, 3.63) is 59.9 Å². The fraction of sp³-hybridized carbons (Fsp3) is 0.158. The van der Waals surface area contributed by atoms with E-state index >= 15 is 0 Å². The van der Waals surface area contributed by atoms with E-state index < -0.39 is 13.7 Å². The van der Waals surface area contributed by atoms with Gasteiger partial charge >= 0.3 is 0 Å². The van der Waals surface area contributed by atoms with E-state index in [1.807, 2.05) is 0 Å². The molecule has 0 spiro atoms. The Kier molecular flexibility index (Phi) is 1.71. The molecule has 0 N–H and O–H groups in total. The minimum Gasteiger partial charge on any atom is -0.437 e. The minimum atomic E-state index is -2.31. The quantitative estimate of drug-likeness (QED) is 0.495. The third-order valence-corrected chi connectivity index (χ3v) is 3.81. The van der Waals surface area contributed by atoms with Crippen molar-refractivity contribution in [1.29, 1.82) is 0 Å². The van der Waals surface area contributed by atoms with Crippen LogP contribution in [0, 0.1) is 13.7 Å². The first kappa shape index (κ1) is 8.08. The van der Waals surface area contributed by atoms with E-state index in [0.717, 1.165) is 0 Å². The number of nitrogens with zero attached hydrogens (tertiary/aromatic N) is 2. The number of aromatic nitrogens is 2. The van der Waals surface area contributed by atoms with Gasteiger partial charge in [-0.15, -0.1) is 0 Å². The van der Waals surface area contributed by atoms with Crippen molar-refractivity contribution in [3.8, 4) is 11.3 Å². The summed E-state index contributed by atoms with van der Waals surface area (Å²) in [6, 6.07) is 10.0. The van der Waals surface area contributed by atoms with Crippen LogP contribution in [0.3, 0.4) is 0 Å². The van der Waals surface area contributed by atoms with Crippen molar-refractivity contribution in [2.24, 2.45) is 7.05 Å². The summed E-state index contributed by atoms with van der Waals surface area (Å²) in [7, 11) is 1.75. The smallest absolute Gasteiger partial charge is 0.227 e. The Balaban J connectivity index is 2.05. The highest BCUT2D eigenvalue weighted by Crippen LogP contribution is 2.35. The predicted molar refractivity (Wildman–Crippen MR) is 87.6 cm³/mol. The minimum absolute atomic E-state index is 0.194. The van der Waals surface area contributed by atoms with Crippen molar-refractivity contribution in [2.75, 3.05) is 0 Å². The second-order valence-electron chi connectivity index (χ2n) is 5.24. The van der Waals surface area contributed by atoms with Gasteiger partial charge in [-0.05, 0) is 43.5 Å². The van der Waals surface area contributed by atoms with Crippen molar-refractivity contribution >= 4 is 22.1 Å². The Morgan fingerprint density at radius 3 is 2.91 bits per heavy atom. The predicted octanol–water partition coefficient (Wildman–Crippen LogP) is 4.09. The van der Waals surface area contributed by atoms with Gasteiger partial charge in [0.05, 0.1) is 5.56 Å². The molecule has 0 aliphatic carbocycles. The summed E-state index contributed by atoms with van der Waals surface area (Å²) < 4.78 is 54.0. The molecule has 0 radical (unpaired) electrons. The molecular weight excluding hydrogens is 272 g/mol. The van der Waals surface area contributed by atoms with E-state index in [-0.39, 0.29) is 11.1 Å². The molecule has 4 rings (SSSR count). The number of furan rings is 1. The number of fused-ring (bicyclic) bond motifs is 3. The normalized spacial score (nSPS) is 16.6. The van der Waals surface area contributed by atoms with Gasteiger partial charge in [-0.25, -0.2) is 9.55 Å². The van der Waals surface area contributed by atoms with Gasteiger partial charge in [0.2, 0.25) is 11.4 Å². The highest BCUT2D eigenvalue weighted by molar-refractivity contribution is 6.09. The van der Waals surface area contributed by atoms with Crippen molar-refractivity contribution in [1.82, 2.24) is 4.98 Å². The average Bonchev–Trinajstić information content (AvgIpc) is 2.99. The zero-order chi connectivity index (χ0) is 20.3. The molecule has 0 atom stereocenters. The molecule has 0 aliphatic heterocycles. The maximum Gasteiger partial charge on any atom is 0.227 e. The number of aryl methyl sites for hydroxylation is 3. The number of rotatable bonds is 1. The SMILES string of the molecule is [2H]C([2H])([2H])c1ccc(-c2ccc(C([2H])([2H])[2H])c3c2oc2ncccc23)[n+](C)c1. The second kappa shape index (κ2) is 4.67. The average molecular weight is 295 g/mol. The topological polar surface area (TPSA) is 29.9 Å². The number of benzene rings is 1. The van der Waals surface area contributed by atoms with Crippen molar-refractivity contribution in [3.63, 3.8) is 0 Å². The van der Waals surface area contributed by atoms with Crippen LogP contribution in [-0.2, 0) is 7.05 Å². The van der Waals surface area contributed by atoms with Crippen LogP contribution in [0.25, 0.3) is 33.3 Å². The second-order valence-corrected chi connectivity index (χ2v) is 5.24. The molecule has 0 saturated carbocycles. The summed E-state index contributed by atoms with van der Waals surface area (Å²) in [5.41, 5.74) is 2.56. The summed E-state index contributed by atoms with van der Waals surface area (Å²) in [4.78, 5) is 4.21. The third-order valence-electron chi connectivity index (χ3n) is 3.81. The molecule has 3 heteroatoms. The van der Waals surface area contributed by atoms with Crippen LogP contribution in [0.1, 0.15) is 19.4 Å². The zero-order valence-corrected chi connectivity index (χ0v) is 11.9. The van der Waals surface area contributed by atoms with Crippen LogP contribution >= 0.6 is 0 Å². The first-order chi connectivity index (χ1) is 13.1. The summed E-state index contributed by atoms with van der Waals surface area (Å²) in [5, 5.41) is 1.13. The Bertz CT molecular complexity index is 1210. The highest BCUT2D eigenvalue weighted by atomic mass is 16.3. The first-order valence-corrected chi connectivity index (χ1v) is 6.88. The fourth-order valence-electron chi connectivity index (χ4n) is 2.80. The molecule has 108 valence electrons. The van der Waals surface area contributed by atoms with Crippen LogP contribution < -0.4 is 4.57 Å². The fourth-order valence-corrected chi connectivity index (χ4v) is 2.80. The van der Waals surface area contributed by atoms with Gasteiger partial charge in [0.25, 0.3) is 0 Å². The molecule has 22 heavy (non-hydrogen) atoms. The molecule has 0 fully saturated rings. The Hall–Kier alpha value is -2.68. The van der Waals surface area contributed by atoms with Crippen molar-refractivity contribution < 1.29 is 17.2 Å². The molecular formula is C19H17N2O+. The van der Waals surface area contributed by atoms with Crippen LogP contribution in [0.2, 0.25) is 0 Å². The van der Waals surface area contributed by atoms with E-state index in [4.69, 9.17) is 12.6 Å². The van der Waals surface area contributed by atoms with Crippen LogP contribution in [-0.4, -0.2) is 4.98 Å². The van der Waals surface area contributed by atoms with Gasteiger partial charge in [0.15, 0.2) is 11.8 Å². The molecule has 0 aliphatic rings. The lowest BCUT2D eigenvalue weighted by atomic mass is 10.0. The Labute approximate surface area is 137 Å². The number of hydrogen-bond acceptors (Lipinski definition) is 2. The number of pyridine rings is 2. The first-order valence-electron chi connectivity index (χ1n) is 9.88. The lowest BCUT2D eigenvalue weighted by Gasteiger charge is -2.04. The van der Waals surface area contributed by atoms with E-state index in [0.29, 0.717) is 33.3 Å². The van der Waals surface area contributed by atoms with Gasteiger partial charge in [-0.3, -0.25) is 0 Å². The molecule has 0 saturated heterocycles. The van der Waals surface area contributed by atoms with Gasteiger partial charge in [0, 0.05) is 36.8 Å². The van der Waals surface area contributed by atoms with Gasteiger partial charge in [-0.1, -0.05) is 6.07 Å². The van der Waals surface area contributed by atoms with Crippen molar-refractivity contribution in [2.45, 2.75) is 13.7 Å². The van der Waals surface area contributed by atoms with Crippen LogP contribution in [0.5, 0.6) is 0 Å². The molecule has 1 aromatic carbocycles. The van der Waals surface area contributed by atoms with Gasteiger partial charge < -0.3 is 4.42 Å². The molecule has 0 amide bonds. The Morgan fingerprint density at radius 2 is 2.09 bits per heavy atom. The summed E-state index contributed by atoms with van der Waals surface area (Å²) in [6.45, 7) is -4.52. The summed E-state index contributed by atoms with van der Waals surface area (Å²) in [5.74, 6) is 0. The van der Waals surface area contributed by atoms with E-state index in [1.54, 1.807) is 60.4 Å². The summed E-state index contributed by atoms with van der Waals surface area (Å²) in [6.07, 6.45) is 3.14. The summed E-state index contributed by atoms with van der Waals surface area (Å²) >= 11 is 0. The molecule has 3 heterocycles.